The molecule has 1 N–H and O–H groups in total. The zero-order valence-corrected chi connectivity index (χ0v) is 14.1. The smallest absolute Gasteiger partial charge is 0.224 e. The van der Waals surface area contributed by atoms with Crippen LogP contribution in [0.1, 0.15) is 44.9 Å². The van der Waals surface area contributed by atoms with Crippen molar-refractivity contribution in [3.63, 3.8) is 0 Å². The van der Waals surface area contributed by atoms with Crippen LogP contribution in [0.25, 0.3) is 0 Å². The summed E-state index contributed by atoms with van der Waals surface area (Å²) in [6.07, 6.45) is 8.29. The lowest BCUT2D eigenvalue weighted by Crippen LogP contribution is -2.39. The van der Waals surface area contributed by atoms with Gasteiger partial charge in [-0.05, 0) is 55.9 Å². The van der Waals surface area contributed by atoms with Crippen molar-refractivity contribution < 1.29 is 9.53 Å². The lowest BCUT2D eigenvalue weighted by atomic mass is 10.0. The average Bonchev–Trinajstić information content (AvgIpc) is 3.08. The highest BCUT2D eigenvalue weighted by Crippen LogP contribution is 2.28. The summed E-state index contributed by atoms with van der Waals surface area (Å²) in [6, 6.07) is 8.23. The van der Waals surface area contributed by atoms with E-state index in [4.69, 9.17) is 4.74 Å². The fourth-order valence-corrected chi connectivity index (χ4v) is 3.81. The molecule has 1 amide bonds. The number of rotatable bonds is 5. The number of benzene rings is 1. The van der Waals surface area contributed by atoms with Gasteiger partial charge in [0.05, 0.1) is 6.10 Å². The molecular formula is C19H28N2O2. The molecule has 2 fully saturated rings. The van der Waals surface area contributed by atoms with E-state index in [2.05, 4.69) is 22.3 Å². The molecular weight excluding hydrogens is 288 g/mol. The number of methoxy groups -OCH3 is 1. The van der Waals surface area contributed by atoms with Crippen LogP contribution in [-0.2, 0) is 9.53 Å². The number of nitrogens with zero attached hydrogens (tertiary/aromatic N) is 1. The van der Waals surface area contributed by atoms with Crippen LogP contribution in [0.4, 0.5) is 11.4 Å². The van der Waals surface area contributed by atoms with E-state index in [-0.39, 0.29) is 5.91 Å². The Morgan fingerprint density at radius 1 is 1.17 bits per heavy atom. The highest BCUT2D eigenvalue weighted by atomic mass is 16.5. The van der Waals surface area contributed by atoms with E-state index in [1.165, 1.54) is 37.8 Å². The van der Waals surface area contributed by atoms with Crippen LogP contribution in [0.2, 0.25) is 0 Å². The molecule has 23 heavy (non-hydrogen) atoms. The van der Waals surface area contributed by atoms with Crippen molar-refractivity contribution in [3.8, 4) is 0 Å². The van der Waals surface area contributed by atoms with E-state index in [0.29, 0.717) is 18.4 Å². The number of hydrogen-bond acceptors (Lipinski definition) is 3. The molecule has 1 heterocycles. The fraction of sp³-hybridized carbons (Fsp3) is 0.632. The summed E-state index contributed by atoms with van der Waals surface area (Å²) in [6.45, 7) is 2.02. The highest BCUT2D eigenvalue weighted by molar-refractivity contribution is 5.91. The first-order valence-electron chi connectivity index (χ1n) is 8.92. The normalized spacial score (nSPS) is 22.3. The quantitative estimate of drug-likeness (QED) is 0.898. The molecule has 1 atom stereocenters. The molecule has 0 bridgehead atoms. The van der Waals surface area contributed by atoms with Crippen molar-refractivity contribution in [1.29, 1.82) is 0 Å². The Morgan fingerprint density at radius 3 is 2.61 bits per heavy atom. The van der Waals surface area contributed by atoms with Crippen LogP contribution in [0, 0.1) is 5.92 Å². The first-order valence-corrected chi connectivity index (χ1v) is 8.92. The molecule has 0 radical (unpaired) electrons. The number of carbonyl (C=O) groups is 1. The third kappa shape index (κ3) is 4.47. The van der Waals surface area contributed by atoms with Gasteiger partial charge in [0, 0.05) is 38.0 Å². The Hall–Kier alpha value is -1.55. The molecule has 1 aliphatic carbocycles. The fourth-order valence-electron chi connectivity index (χ4n) is 3.81. The molecule has 0 spiro atoms. The van der Waals surface area contributed by atoms with Gasteiger partial charge in [0.2, 0.25) is 5.91 Å². The molecule has 2 aliphatic rings. The third-order valence-corrected chi connectivity index (χ3v) is 5.18. The predicted octanol–water partition coefficient (Wildman–Crippen LogP) is 3.82. The van der Waals surface area contributed by atoms with Crippen molar-refractivity contribution in [2.45, 2.75) is 51.0 Å². The Labute approximate surface area is 139 Å². The van der Waals surface area contributed by atoms with Gasteiger partial charge in [-0.3, -0.25) is 4.79 Å². The first kappa shape index (κ1) is 16.3. The van der Waals surface area contributed by atoms with Crippen molar-refractivity contribution in [2.75, 3.05) is 30.4 Å². The molecule has 1 saturated heterocycles. The van der Waals surface area contributed by atoms with E-state index in [0.717, 1.165) is 25.2 Å². The summed E-state index contributed by atoms with van der Waals surface area (Å²) in [4.78, 5) is 14.5. The number of anilines is 2. The van der Waals surface area contributed by atoms with E-state index >= 15 is 0 Å². The number of carbonyl (C=O) groups excluding carboxylic acids is 1. The van der Waals surface area contributed by atoms with Gasteiger partial charge in [-0.2, -0.15) is 0 Å². The number of nitrogens with one attached hydrogen (secondary N) is 1. The van der Waals surface area contributed by atoms with Crippen molar-refractivity contribution >= 4 is 17.3 Å². The van der Waals surface area contributed by atoms with Gasteiger partial charge >= 0.3 is 0 Å². The summed E-state index contributed by atoms with van der Waals surface area (Å²) in [5, 5.41) is 3.04. The maximum atomic E-state index is 12.1. The third-order valence-electron chi connectivity index (χ3n) is 5.18. The van der Waals surface area contributed by atoms with Crippen LogP contribution in [0.15, 0.2) is 24.3 Å². The monoisotopic (exact) mass is 316 g/mol. The minimum Gasteiger partial charge on any atom is -0.380 e. The zero-order valence-electron chi connectivity index (χ0n) is 14.1. The number of hydrogen-bond donors (Lipinski definition) is 1. The number of piperidine rings is 1. The topological polar surface area (TPSA) is 41.6 Å². The molecule has 1 aromatic carbocycles. The van der Waals surface area contributed by atoms with Crippen LogP contribution in [-0.4, -0.2) is 32.2 Å². The van der Waals surface area contributed by atoms with Crippen LogP contribution >= 0.6 is 0 Å². The lowest BCUT2D eigenvalue weighted by molar-refractivity contribution is -0.117. The second kappa shape index (κ2) is 7.82. The van der Waals surface area contributed by atoms with Crippen molar-refractivity contribution in [2.24, 2.45) is 5.92 Å². The predicted molar refractivity (Wildman–Crippen MR) is 93.9 cm³/mol. The molecule has 0 aromatic heterocycles. The molecule has 1 unspecified atom stereocenters. The Kier molecular flexibility index (Phi) is 5.55. The molecule has 1 aromatic rings. The summed E-state index contributed by atoms with van der Waals surface area (Å²) in [5.41, 5.74) is 2.11. The van der Waals surface area contributed by atoms with Gasteiger partial charge in [-0.15, -0.1) is 0 Å². The Balaban J connectivity index is 1.53. The van der Waals surface area contributed by atoms with Crippen LogP contribution in [0.3, 0.4) is 0 Å². The largest absolute Gasteiger partial charge is 0.380 e. The maximum Gasteiger partial charge on any atom is 0.224 e. The molecule has 1 saturated carbocycles. The van der Waals surface area contributed by atoms with Crippen molar-refractivity contribution in [3.05, 3.63) is 24.3 Å². The second-order valence-electron chi connectivity index (χ2n) is 6.90. The zero-order chi connectivity index (χ0) is 16.1. The summed E-state index contributed by atoms with van der Waals surface area (Å²) in [7, 11) is 1.79. The van der Waals surface area contributed by atoms with Gasteiger partial charge in [0.1, 0.15) is 0 Å². The van der Waals surface area contributed by atoms with Gasteiger partial charge < -0.3 is 15.0 Å². The first-order chi connectivity index (χ1) is 11.2. The minimum absolute atomic E-state index is 0.155. The Bertz CT molecular complexity index is 509. The second-order valence-corrected chi connectivity index (χ2v) is 6.90. The number of ether oxygens (including phenoxy) is 1. The van der Waals surface area contributed by atoms with Crippen molar-refractivity contribution in [1.82, 2.24) is 0 Å². The van der Waals surface area contributed by atoms with E-state index in [1.807, 2.05) is 12.1 Å². The van der Waals surface area contributed by atoms with Crippen LogP contribution in [0.5, 0.6) is 0 Å². The van der Waals surface area contributed by atoms with Crippen LogP contribution < -0.4 is 10.2 Å². The summed E-state index contributed by atoms with van der Waals surface area (Å²) >= 11 is 0. The molecule has 126 valence electrons. The average molecular weight is 316 g/mol. The lowest BCUT2D eigenvalue weighted by Gasteiger charge is -2.33. The molecule has 3 rings (SSSR count). The minimum atomic E-state index is 0.155. The highest BCUT2D eigenvalue weighted by Gasteiger charge is 2.20. The van der Waals surface area contributed by atoms with Gasteiger partial charge in [0.15, 0.2) is 0 Å². The number of amides is 1. The molecule has 4 nitrogen and oxygen atoms in total. The van der Waals surface area contributed by atoms with Gasteiger partial charge in [-0.1, -0.05) is 12.8 Å². The standard InChI is InChI=1S/C19H28N2O2/c1-23-18-7-4-12-21(14-18)17-10-8-16(9-11-17)20-19(22)13-15-5-2-3-6-15/h8-11,15,18H,2-7,12-14H2,1H3,(H,20,22). The summed E-state index contributed by atoms with van der Waals surface area (Å²) in [5.74, 6) is 0.746. The molecule has 4 heteroatoms. The van der Waals surface area contributed by atoms with Gasteiger partial charge in [-0.25, -0.2) is 0 Å². The van der Waals surface area contributed by atoms with E-state index < -0.39 is 0 Å². The van der Waals surface area contributed by atoms with Gasteiger partial charge in [0.25, 0.3) is 0 Å². The SMILES string of the molecule is COC1CCCN(c2ccc(NC(=O)CC3CCCC3)cc2)C1. The molecule has 1 aliphatic heterocycles. The van der Waals surface area contributed by atoms with E-state index in [1.54, 1.807) is 7.11 Å². The Morgan fingerprint density at radius 2 is 1.91 bits per heavy atom. The maximum absolute atomic E-state index is 12.1. The summed E-state index contributed by atoms with van der Waals surface area (Å²) < 4.78 is 5.48. The van der Waals surface area contributed by atoms with E-state index in [9.17, 15) is 4.79 Å².